The van der Waals surface area contributed by atoms with Gasteiger partial charge in [0.25, 0.3) is 0 Å². The molecule has 17 heavy (non-hydrogen) atoms. The van der Waals surface area contributed by atoms with Crippen LogP contribution in [0.15, 0.2) is 36.0 Å². The molecule has 0 unspecified atom stereocenters. The zero-order chi connectivity index (χ0) is 12.5. The van der Waals surface area contributed by atoms with Crippen LogP contribution >= 0.6 is 0 Å². The molecule has 1 N–H and O–H groups in total. The molecule has 0 saturated heterocycles. The van der Waals surface area contributed by atoms with E-state index in [0.29, 0.717) is 18.5 Å². The fraction of sp³-hybridized carbons (Fsp3) is 0.357. The minimum Gasteiger partial charge on any atom is -0.359 e. The Hall–Kier alpha value is -1.64. The van der Waals surface area contributed by atoms with Gasteiger partial charge in [-0.05, 0) is 23.6 Å². The number of anilines is 1. The van der Waals surface area contributed by atoms with E-state index in [1.165, 1.54) is 12.1 Å². The summed E-state index contributed by atoms with van der Waals surface area (Å²) in [5.74, 6) is -0.0617. The normalized spacial score (nSPS) is 18.8. The number of hydrogen-bond donors (Lipinski definition) is 1. The fourth-order valence-corrected chi connectivity index (χ4v) is 2.19. The van der Waals surface area contributed by atoms with E-state index in [1.807, 2.05) is 13.8 Å². The molecule has 0 bridgehead atoms. The molecule has 0 atom stereocenters. The van der Waals surface area contributed by atoms with Crippen LogP contribution in [0.25, 0.3) is 0 Å². The Kier molecular flexibility index (Phi) is 3.01. The number of nitrogens with one attached hydrogen (secondary N) is 1. The van der Waals surface area contributed by atoms with Gasteiger partial charge in [0, 0.05) is 24.2 Å². The second-order valence-corrected chi connectivity index (χ2v) is 5.19. The van der Waals surface area contributed by atoms with E-state index in [9.17, 15) is 9.18 Å². The van der Waals surface area contributed by atoms with Crippen LogP contribution in [0.1, 0.15) is 26.7 Å². The highest BCUT2D eigenvalue weighted by Crippen LogP contribution is 2.31. The van der Waals surface area contributed by atoms with E-state index in [2.05, 4.69) is 11.4 Å². The molecule has 0 aromatic heterocycles. The predicted octanol–water partition coefficient (Wildman–Crippen LogP) is 3.51. The minimum atomic E-state index is -0.281. The van der Waals surface area contributed by atoms with Crippen molar-refractivity contribution >= 4 is 11.5 Å². The van der Waals surface area contributed by atoms with Gasteiger partial charge in [-0.1, -0.05) is 26.0 Å². The lowest BCUT2D eigenvalue weighted by atomic mass is 9.81. The average Bonchev–Trinajstić information content (AvgIpc) is 2.13. The highest BCUT2D eigenvalue weighted by atomic mass is 19.1. The molecule has 1 aliphatic rings. The van der Waals surface area contributed by atoms with E-state index >= 15 is 0 Å². The summed E-state index contributed by atoms with van der Waals surface area (Å²) in [6.45, 7) is 4.05. The van der Waals surface area contributed by atoms with Crippen molar-refractivity contribution in [3.63, 3.8) is 0 Å². The van der Waals surface area contributed by atoms with E-state index < -0.39 is 0 Å². The summed E-state index contributed by atoms with van der Waals surface area (Å²) >= 11 is 0. The summed E-state index contributed by atoms with van der Waals surface area (Å²) in [7, 11) is 0. The second kappa shape index (κ2) is 4.32. The van der Waals surface area contributed by atoms with Gasteiger partial charge in [-0.25, -0.2) is 4.39 Å². The monoisotopic (exact) mass is 233 g/mol. The molecule has 0 radical (unpaired) electrons. The number of allylic oxidation sites excluding steroid dienone is 2. The largest absolute Gasteiger partial charge is 0.359 e. The lowest BCUT2D eigenvalue weighted by Gasteiger charge is -2.27. The van der Waals surface area contributed by atoms with Gasteiger partial charge in [0.1, 0.15) is 11.6 Å². The van der Waals surface area contributed by atoms with Crippen LogP contribution in [0.5, 0.6) is 0 Å². The number of carbonyl (C=O) groups excluding carboxylic acids is 1. The Bertz CT molecular complexity index is 477. The Labute approximate surface area is 101 Å². The molecule has 0 fully saturated rings. The smallest absolute Gasteiger partial charge is 0.139 e. The molecule has 2 rings (SSSR count). The first-order valence-electron chi connectivity index (χ1n) is 5.71. The SMILES string of the molecule is CC1(C)C=C(Nc2cccc(F)c2)CC(=O)C1. The molecule has 3 heteroatoms. The van der Waals surface area contributed by atoms with E-state index in [1.54, 1.807) is 12.1 Å². The van der Waals surface area contributed by atoms with Crippen molar-refractivity contribution in [2.75, 3.05) is 5.32 Å². The lowest BCUT2D eigenvalue weighted by Crippen LogP contribution is -2.23. The van der Waals surface area contributed by atoms with Crippen molar-refractivity contribution in [1.29, 1.82) is 0 Å². The molecule has 0 amide bonds. The van der Waals surface area contributed by atoms with Crippen LogP contribution in [-0.4, -0.2) is 5.78 Å². The average molecular weight is 233 g/mol. The first-order chi connectivity index (χ1) is 7.94. The molecule has 2 nitrogen and oxygen atoms in total. The number of rotatable bonds is 2. The van der Waals surface area contributed by atoms with Gasteiger partial charge in [0.2, 0.25) is 0 Å². The summed E-state index contributed by atoms with van der Waals surface area (Å²) in [6, 6.07) is 6.26. The Morgan fingerprint density at radius 3 is 2.76 bits per heavy atom. The highest BCUT2D eigenvalue weighted by Gasteiger charge is 2.26. The number of halogens is 1. The summed E-state index contributed by atoms with van der Waals surface area (Å²) in [5, 5.41) is 3.11. The van der Waals surface area contributed by atoms with Crippen molar-refractivity contribution in [2.24, 2.45) is 5.41 Å². The summed E-state index contributed by atoms with van der Waals surface area (Å²) in [4.78, 5) is 11.6. The maximum atomic E-state index is 13.0. The van der Waals surface area contributed by atoms with Gasteiger partial charge >= 0.3 is 0 Å². The first-order valence-corrected chi connectivity index (χ1v) is 5.71. The molecule has 1 aromatic carbocycles. The quantitative estimate of drug-likeness (QED) is 0.846. The molecule has 0 aliphatic heterocycles. The molecule has 90 valence electrons. The number of carbonyl (C=O) groups is 1. The van der Waals surface area contributed by atoms with Gasteiger partial charge in [-0.2, -0.15) is 0 Å². The highest BCUT2D eigenvalue weighted by molar-refractivity contribution is 5.84. The van der Waals surface area contributed by atoms with Crippen LogP contribution in [0.3, 0.4) is 0 Å². The van der Waals surface area contributed by atoms with E-state index in [-0.39, 0.29) is 17.0 Å². The minimum absolute atomic E-state index is 0.120. The van der Waals surface area contributed by atoms with Crippen LogP contribution < -0.4 is 5.32 Å². The van der Waals surface area contributed by atoms with Crippen molar-refractivity contribution in [1.82, 2.24) is 0 Å². The van der Waals surface area contributed by atoms with Crippen molar-refractivity contribution in [2.45, 2.75) is 26.7 Å². The number of benzene rings is 1. The molecular formula is C14H16FNO. The molecule has 0 spiro atoms. The second-order valence-electron chi connectivity index (χ2n) is 5.19. The zero-order valence-corrected chi connectivity index (χ0v) is 10.1. The Morgan fingerprint density at radius 1 is 1.35 bits per heavy atom. The van der Waals surface area contributed by atoms with Gasteiger partial charge in [-0.3, -0.25) is 4.79 Å². The fourth-order valence-electron chi connectivity index (χ4n) is 2.19. The first kappa shape index (κ1) is 11.8. The number of Topliss-reactive ketones (excluding diaryl/α,β-unsaturated/α-hetero) is 1. The summed E-state index contributed by atoms with van der Waals surface area (Å²) in [5.41, 5.74) is 1.42. The number of hydrogen-bond acceptors (Lipinski definition) is 2. The molecule has 0 heterocycles. The van der Waals surface area contributed by atoms with Crippen molar-refractivity contribution < 1.29 is 9.18 Å². The summed E-state index contributed by atoms with van der Waals surface area (Å²) < 4.78 is 13.0. The van der Waals surface area contributed by atoms with Crippen LogP contribution in [0.4, 0.5) is 10.1 Å². The zero-order valence-electron chi connectivity index (χ0n) is 10.1. The molecule has 1 aromatic rings. The van der Waals surface area contributed by atoms with Gasteiger partial charge < -0.3 is 5.32 Å². The molecular weight excluding hydrogens is 217 g/mol. The van der Waals surface area contributed by atoms with E-state index in [0.717, 1.165) is 5.70 Å². The van der Waals surface area contributed by atoms with Crippen molar-refractivity contribution in [3.05, 3.63) is 41.9 Å². The molecule has 0 saturated carbocycles. The van der Waals surface area contributed by atoms with Crippen LogP contribution in [-0.2, 0) is 4.79 Å². The third kappa shape index (κ3) is 3.16. The van der Waals surface area contributed by atoms with Gasteiger partial charge in [-0.15, -0.1) is 0 Å². The maximum absolute atomic E-state index is 13.0. The number of ketones is 1. The standard InChI is InChI=1S/C14H16FNO/c1-14(2)8-12(7-13(17)9-14)16-11-5-3-4-10(15)6-11/h3-6,8,16H,7,9H2,1-2H3. The van der Waals surface area contributed by atoms with Crippen LogP contribution in [0, 0.1) is 11.2 Å². The maximum Gasteiger partial charge on any atom is 0.139 e. The van der Waals surface area contributed by atoms with E-state index in [4.69, 9.17) is 0 Å². The summed E-state index contributed by atoms with van der Waals surface area (Å²) in [6.07, 6.45) is 3.03. The Balaban J connectivity index is 2.19. The third-order valence-corrected chi connectivity index (χ3v) is 2.73. The van der Waals surface area contributed by atoms with Crippen molar-refractivity contribution in [3.8, 4) is 0 Å². The topological polar surface area (TPSA) is 29.1 Å². The predicted molar refractivity (Wildman–Crippen MR) is 66.1 cm³/mol. The Morgan fingerprint density at radius 2 is 2.12 bits per heavy atom. The lowest BCUT2D eigenvalue weighted by molar-refractivity contribution is -0.120. The van der Waals surface area contributed by atoms with Gasteiger partial charge in [0.05, 0.1) is 0 Å². The van der Waals surface area contributed by atoms with Gasteiger partial charge in [0.15, 0.2) is 0 Å². The third-order valence-electron chi connectivity index (χ3n) is 2.73. The van der Waals surface area contributed by atoms with Crippen LogP contribution in [0.2, 0.25) is 0 Å². The molecule has 1 aliphatic carbocycles.